The summed E-state index contributed by atoms with van der Waals surface area (Å²) in [4.78, 5) is 25.6. The van der Waals surface area contributed by atoms with Crippen molar-refractivity contribution in [1.82, 2.24) is 21.3 Å². The van der Waals surface area contributed by atoms with Crippen molar-refractivity contribution < 1.29 is 9.59 Å². The fourth-order valence-corrected chi connectivity index (χ4v) is 3.95. The fraction of sp³-hybridized carbons (Fsp3) is 0.310. The first kappa shape index (κ1) is 26.9. The van der Waals surface area contributed by atoms with Gasteiger partial charge in [-0.2, -0.15) is 0 Å². The van der Waals surface area contributed by atoms with Gasteiger partial charge in [0.15, 0.2) is 0 Å². The normalized spacial score (nSPS) is 12.4. The molecule has 0 fully saturated rings. The summed E-state index contributed by atoms with van der Waals surface area (Å²) in [6.07, 6.45) is 2.01. The lowest BCUT2D eigenvalue weighted by atomic mass is 10.0. The van der Waals surface area contributed by atoms with Gasteiger partial charge in [0.1, 0.15) is 0 Å². The van der Waals surface area contributed by atoms with Crippen LogP contribution < -0.4 is 27.0 Å². The molecule has 36 heavy (non-hydrogen) atoms. The Morgan fingerprint density at radius 2 is 1.22 bits per heavy atom. The largest absolute Gasteiger partial charge is 0.351 e. The van der Waals surface area contributed by atoms with Crippen LogP contribution >= 0.6 is 0 Å². The second-order valence-corrected chi connectivity index (χ2v) is 8.79. The molecule has 0 bridgehead atoms. The average Bonchev–Trinajstić information content (AvgIpc) is 2.93. The third kappa shape index (κ3) is 9.90. The molecule has 6 N–H and O–H groups in total. The number of rotatable bonds is 14. The van der Waals surface area contributed by atoms with Crippen LogP contribution in [0, 0.1) is 0 Å². The Kier molecular flexibility index (Phi) is 11.5. The summed E-state index contributed by atoms with van der Waals surface area (Å²) in [5, 5.41) is 12.4. The molecule has 0 saturated heterocycles. The van der Waals surface area contributed by atoms with Gasteiger partial charge in [-0.15, -0.1) is 0 Å². The smallest absolute Gasteiger partial charge is 0.315 e. The van der Waals surface area contributed by atoms with Crippen molar-refractivity contribution in [3.63, 3.8) is 0 Å². The second kappa shape index (κ2) is 15.3. The van der Waals surface area contributed by atoms with Crippen LogP contribution in [0.5, 0.6) is 0 Å². The van der Waals surface area contributed by atoms with Crippen LogP contribution in [0.3, 0.4) is 0 Å². The molecule has 0 aliphatic carbocycles. The van der Waals surface area contributed by atoms with Crippen molar-refractivity contribution in [2.24, 2.45) is 5.73 Å². The maximum absolute atomic E-state index is 13.1. The summed E-state index contributed by atoms with van der Waals surface area (Å²) >= 11 is 0. The van der Waals surface area contributed by atoms with E-state index in [-0.39, 0.29) is 18.0 Å². The van der Waals surface area contributed by atoms with Crippen molar-refractivity contribution in [1.29, 1.82) is 0 Å². The van der Waals surface area contributed by atoms with E-state index in [4.69, 9.17) is 5.73 Å². The first-order valence-electron chi connectivity index (χ1n) is 12.5. The number of hydrogen-bond acceptors (Lipinski definition) is 4. The lowest BCUT2D eigenvalue weighted by Gasteiger charge is -2.26. The first-order valence-corrected chi connectivity index (χ1v) is 12.5. The van der Waals surface area contributed by atoms with Crippen LogP contribution in [0.1, 0.15) is 29.5 Å². The summed E-state index contributed by atoms with van der Waals surface area (Å²) in [6.45, 7) is 1.79. The van der Waals surface area contributed by atoms with Crippen molar-refractivity contribution in [2.75, 3.05) is 13.1 Å². The van der Waals surface area contributed by atoms with E-state index in [1.165, 1.54) is 0 Å². The molecule has 0 aliphatic rings. The van der Waals surface area contributed by atoms with Crippen LogP contribution in [0.25, 0.3) is 0 Å². The SMILES string of the molecule is NCCC[C@H](N[C@@H](CNC(=O)NCc1ccccc1)Cc1ccccc1)C(=O)NCc1ccccc1. The number of urea groups is 1. The molecule has 0 spiro atoms. The zero-order chi connectivity index (χ0) is 25.4. The Hall–Kier alpha value is -3.68. The number of amides is 3. The predicted molar refractivity (Wildman–Crippen MR) is 144 cm³/mol. The van der Waals surface area contributed by atoms with Crippen LogP contribution in [0.4, 0.5) is 4.79 Å². The van der Waals surface area contributed by atoms with Crippen LogP contribution in [-0.2, 0) is 24.3 Å². The number of hydrogen-bond donors (Lipinski definition) is 5. The summed E-state index contributed by atoms with van der Waals surface area (Å²) < 4.78 is 0. The Bertz CT molecular complexity index is 1030. The van der Waals surface area contributed by atoms with Gasteiger partial charge in [-0.1, -0.05) is 91.0 Å². The van der Waals surface area contributed by atoms with Gasteiger partial charge in [0.2, 0.25) is 5.91 Å². The highest BCUT2D eigenvalue weighted by Crippen LogP contribution is 2.07. The maximum atomic E-state index is 13.1. The van der Waals surface area contributed by atoms with Gasteiger partial charge in [-0.3, -0.25) is 4.79 Å². The standard InChI is InChI=1S/C29H37N5O2/c30-18-10-17-27(28(35)31-20-24-13-6-2-7-14-24)34-26(19-23-11-4-1-5-12-23)22-33-29(36)32-21-25-15-8-3-9-16-25/h1-9,11-16,26-27,34H,10,17-22,30H2,(H,31,35)(H2,32,33,36)/t26-,27+/m1/s1. The molecule has 0 aliphatic heterocycles. The number of nitrogens with one attached hydrogen (secondary N) is 4. The summed E-state index contributed by atoms with van der Waals surface area (Å²) in [5.74, 6) is -0.0705. The molecule has 2 atom stereocenters. The van der Waals surface area contributed by atoms with Gasteiger partial charge in [0, 0.05) is 25.7 Å². The number of nitrogens with two attached hydrogens (primary N) is 1. The van der Waals surface area contributed by atoms with Crippen molar-refractivity contribution in [3.05, 3.63) is 108 Å². The van der Waals surface area contributed by atoms with Gasteiger partial charge in [-0.25, -0.2) is 4.79 Å². The topological polar surface area (TPSA) is 108 Å². The predicted octanol–water partition coefficient (Wildman–Crippen LogP) is 3.11. The van der Waals surface area contributed by atoms with Gasteiger partial charge < -0.3 is 27.0 Å². The number of benzene rings is 3. The van der Waals surface area contributed by atoms with E-state index in [1.54, 1.807) is 0 Å². The molecule has 0 heterocycles. The fourth-order valence-electron chi connectivity index (χ4n) is 3.95. The Morgan fingerprint density at radius 3 is 1.78 bits per heavy atom. The van der Waals surface area contributed by atoms with E-state index < -0.39 is 6.04 Å². The molecule has 3 aromatic carbocycles. The van der Waals surface area contributed by atoms with Gasteiger partial charge in [0.25, 0.3) is 0 Å². The van der Waals surface area contributed by atoms with Crippen molar-refractivity contribution in [2.45, 2.75) is 44.4 Å². The van der Waals surface area contributed by atoms with Crippen molar-refractivity contribution >= 4 is 11.9 Å². The molecule has 7 nitrogen and oxygen atoms in total. The van der Waals surface area contributed by atoms with E-state index in [2.05, 4.69) is 33.4 Å². The lowest BCUT2D eigenvalue weighted by Crippen LogP contribution is -2.53. The monoisotopic (exact) mass is 487 g/mol. The Morgan fingerprint density at radius 1 is 0.694 bits per heavy atom. The molecule has 190 valence electrons. The highest BCUT2D eigenvalue weighted by Gasteiger charge is 2.22. The number of carbonyl (C=O) groups excluding carboxylic acids is 2. The van der Waals surface area contributed by atoms with Gasteiger partial charge in [-0.05, 0) is 42.5 Å². The minimum absolute atomic E-state index is 0.0705. The van der Waals surface area contributed by atoms with Crippen molar-refractivity contribution in [3.8, 4) is 0 Å². The van der Waals surface area contributed by atoms with Crippen LogP contribution in [-0.4, -0.2) is 37.1 Å². The molecule has 0 radical (unpaired) electrons. The van der Waals surface area contributed by atoms with Crippen LogP contribution in [0.15, 0.2) is 91.0 Å². The Balaban J connectivity index is 1.60. The van der Waals surface area contributed by atoms with Crippen LogP contribution in [0.2, 0.25) is 0 Å². The quantitative estimate of drug-likeness (QED) is 0.241. The molecule has 0 unspecified atom stereocenters. The van der Waals surface area contributed by atoms with E-state index >= 15 is 0 Å². The minimum atomic E-state index is -0.417. The summed E-state index contributed by atoms with van der Waals surface area (Å²) in [6, 6.07) is 28.9. The molecule has 3 aromatic rings. The maximum Gasteiger partial charge on any atom is 0.315 e. The molecule has 0 saturated carbocycles. The zero-order valence-corrected chi connectivity index (χ0v) is 20.7. The molecular weight excluding hydrogens is 450 g/mol. The van der Waals surface area contributed by atoms with Gasteiger partial charge >= 0.3 is 6.03 Å². The zero-order valence-electron chi connectivity index (χ0n) is 20.7. The third-order valence-electron chi connectivity index (χ3n) is 5.89. The second-order valence-electron chi connectivity index (χ2n) is 8.79. The van der Waals surface area contributed by atoms with E-state index in [1.807, 2.05) is 78.9 Å². The van der Waals surface area contributed by atoms with E-state index in [0.717, 1.165) is 23.1 Å². The summed E-state index contributed by atoms with van der Waals surface area (Å²) in [5.41, 5.74) is 8.95. The third-order valence-corrected chi connectivity index (χ3v) is 5.89. The average molecular weight is 488 g/mol. The highest BCUT2D eigenvalue weighted by molar-refractivity contribution is 5.81. The molecule has 0 aromatic heterocycles. The minimum Gasteiger partial charge on any atom is -0.351 e. The molecular formula is C29H37N5O2. The highest BCUT2D eigenvalue weighted by atomic mass is 16.2. The number of carbonyl (C=O) groups is 2. The molecule has 3 amide bonds. The van der Waals surface area contributed by atoms with E-state index in [9.17, 15) is 9.59 Å². The van der Waals surface area contributed by atoms with Gasteiger partial charge in [0.05, 0.1) is 6.04 Å². The first-order chi connectivity index (χ1) is 17.6. The summed E-state index contributed by atoms with van der Waals surface area (Å²) in [7, 11) is 0. The Labute approximate surface area is 213 Å². The molecule has 7 heteroatoms. The van der Waals surface area contributed by atoms with E-state index in [0.29, 0.717) is 39.0 Å². The molecule has 3 rings (SSSR count). The lowest BCUT2D eigenvalue weighted by molar-refractivity contribution is -0.123.